The van der Waals surface area contributed by atoms with Crippen LogP contribution in [0.1, 0.15) is 131 Å². The van der Waals surface area contributed by atoms with Gasteiger partial charge in [0.2, 0.25) is 20.0 Å². The Kier molecular flexibility index (Phi) is 33.9. The number of hydrogen-bond acceptors (Lipinski definition) is 23. The summed E-state index contributed by atoms with van der Waals surface area (Å²) >= 11 is 30.6. The lowest BCUT2D eigenvalue weighted by atomic mass is 9.97. The smallest absolute Gasteiger partial charge is 0.413 e. The molecule has 25 nitrogen and oxygen atoms in total. The van der Waals surface area contributed by atoms with E-state index < -0.39 is 61.1 Å². The van der Waals surface area contributed by atoms with Gasteiger partial charge in [0.15, 0.2) is 20.5 Å². The Balaban J connectivity index is 0.000000161. The molecular weight excluding hydrogens is 1940 g/mol. The van der Waals surface area contributed by atoms with Crippen LogP contribution in [0.5, 0.6) is 0 Å². The molecule has 16 rings (SSSR count). The highest BCUT2D eigenvalue weighted by atomic mass is 35.5. The van der Waals surface area contributed by atoms with Gasteiger partial charge in [-0.05, 0) is 307 Å². The van der Waals surface area contributed by atoms with E-state index in [-0.39, 0.29) is 11.5 Å². The molecule has 16 aromatic rings. The molecule has 0 aliphatic carbocycles. The fourth-order valence-electron chi connectivity index (χ4n) is 14.0. The standard InChI is InChI=1S/C26H26ClN3O4S2.C26H23ClN2O4S.C25H24ClN3O2S.C21H18ClN3O2S2.C4H8O2/c1-26(2,3)34-25(31)29-24-28-23-21(18-6-5-7-19(27)15-18)13-17(14-22(23)35-24)12-16-8-10-20(11-9-16)30-36(4,32)33;1-26(2,3)33-25(32)29-24-28-22-20(18-5-4-6-19(27)14-18)12-16(13-21(22)34-24)11-15-7-9-17(10-8-15)23(30)31;1-25(2,3)31-24(30)29-23-28-22-20(17-5-4-6-18(26)14-17)12-16(13-21(22)32-23)11-15-7-9-19(27)10-8-15;1-29(26,27)25-17-7-5-13(6-8-17)9-14-10-18(15-3-2-4-16(22)12-15)20-19(11-14)28-21(23)24-20;1-3-6-4(2)5/h5-11,13-15,30H,12H2,1-4H3,(H,28,29,31);4-10,12-14H,11H2,1-3H3,(H,30,31)(H,28,29,32);4-10,12-14H,11,27H2,1-3H3,(H,28,29,30);2-8,10-12,25H,9H2,1H3,(H2,23,24);3H2,1-2H3. The summed E-state index contributed by atoms with van der Waals surface area (Å²) in [7, 11) is -6.62. The van der Waals surface area contributed by atoms with Crippen molar-refractivity contribution in [2.24, 2.45) is 0 Å². The number of rotatable bonds is 21. The van der Waals surface area contributed by atoms with E-state index in [0.717, 1.165) is 155 Å². The van der Waals surface area contributed by atoms with Crippen molar-refractivity contribution in [2.45, 2.75) is 119 Å². The number of aromatic carboxylic acids is 1. The van der Waals surface area contributed by atoms with E-state index in [1.807, 2.05) is 191 Å². The van der Waals surface area contributed by atoms with Gasteiger partial charge in [-0.15, -0.1) is 0 Å². The van der Waals surface area contributed by atoms with Crippen LogP contribution in [0.25, 0.3) is 85.4 Å². The Bertz CT molecular complexity index is 7350. The number of halogens is 4. The van der Waals surface area contributed by atoms with Crippen molar-refractivity contribution in [2.75, 3.05) is 56.0 Å². The molecule has 0 aliphatic rings. The largest absolute Gasteiger partial charge is 0.478 e. The molecule has 0 fully saturated rings. The number of carbonyl (C=O) groups excluding carboxylic acids is 4. The van der Waals surface area contributed by atoms with E-state index in [2.05, 4.69) is 81.5 Å². The van der Waals surface area contributed by atoms with Crippen molar-refractivity contribution in [3.05, 3.63) is 313 Å². The monoisotopic (exact) mass is 2030 g/mol. The lowest BCUT2D eigenvalue weighted by molar-refractivity contribution is -0.140. The summed E-state index contributed by atoms with van der Waals surface area (Å²) in [5, 5.41) is 21.8. The van der Waals surface area contributed by atoms with Gasteiger partial charge in [0, 0.05) is 66.3 Å². The van der Waals surface area contributed by atoms with Gasteiger partial charge < -0.3 is 35.5 Å². The van der Waals surface area contributed by atoms with E-state index in [1.54, 1.807) is 84.9 Å². The fourth-order valence-corrected chi connectivity index (χ4v) is 19.5. The van der Waals surface area contributed by atoms with Crippen molar-refractivity contribution in [1.29, 1.82) is 0 Å². The van der Waals surface area contributed by atoms with Gasteiger partial charge in [-0.3, -0.25) is 30.2 Å². The third kappa shape index (κ3) is 31.6. The molecule has 3 amide bonds. The molecule has 12 aromatic carbocycles. The number of anilines is 7. The maximum atomic E-state index is 12.3. The second-order valence-corrected chi connectivity index (χ2v) is 43.9. The zero-order valence-corrected chi connectivity index (χ0v) is 84.7. The minimum Gasteiger partial charge on any atom is -0.478 e. The molecule has 35 heteroatoms. The minimum atomic E-state index is -3.33. The summed E-state index contributed by atoms with van der Waals surface area (Å²) in [6, 6.07) is 76.4. The first-order valence-electron chi connectivity index (χ1n) is 42.6. The molecular formula is C102H99Cl4N11O14S6. The van der Waals surface area contributed by atoms with E-state index in [0.29, 0.717) is 77.9 Å². The summed E-state index contributed by atoms with van der Waals surface area (Å²) in [6.07, 6.45) is 3.28. The van der Waals surface area contributed by atoms with Gasteiger partial charge >= 0.3 is 30.2 Å². The van der Waals surface area contributed by atoms with Crippen molar-refractivity contribution >= 4 is 220 Å². The number of thiazole rings is 4. The number of benzene rings is 12. The van der Waals surface area contributed by atoms with Gasteiger partial charge in [0.25, 0.3) is 0 Å². The number of nitrogens with one attached hydrogen (secondary N) is 5. The highest BCUT2D eigenvalue weighted by molar-refractivity contribution is 7.92. The number of aromatic nitrogens is 4. The Labute approximate surface area is 830 Å². The molecule has 0 spiro atoms. The summed E-state index contributed by atoms with van der Waals surface area (Å²) in [5.74, 6) is -1.16. The number of nitrogens with zero attached hydrogens (tertiary/aromatic N) is 4. The van der Waals surface area contributed by atoms with Crippen LogP contribution in [0.15, 0.2) is 243 Å². The van der Waals surface area contributed by atoms with Crippen LogP contribution in [0.3, 0.4) is 0 Å². The average Bonchev–Trinajstić information content (AvgIpc) is 2.05. The summed E-state index contributed by atoms with van der Waals surface area (Å²) < 4.78 is 74.9. The average molecular weight is 2040 g/mol. The lowest BCUT2D eigenvalue weighted by Crippen LogP contribution is -2.27. The second kappa shape index (κ2) is 45.0. The predicted octanol–water partition coefficient (Wildman–Crippen LogP) is 27.0. The number of nitrogens with two attached hydrogens (primary N) is 2. The zero-order valence-electron chi connectivity index (χ0n) is 76.8. The number of fused-ring (bicyclic) bond motifs is 4. The number of ether oxygens (including phenoxy) is 4. The van der Waals surface area contributed by atoms with Crippen LogP contribution >= 0.6 is 91.8 Å². The Hall–Kier alpha value is -12.8. The quantitative estimate of drug-likeness (QED) is 0.0188. The van der Waals surface area contributed by atoms with Crippen LogP contribution in [-0.4, -0.2) is 108 Å². The maximum Gasteiger partial charge on any atom is 0.413 e. The highest BCUT2D eigenvalue weighted by Gasteiger charge is 2.25. The Morgan fingerprint density at radius 3 is 0.891 bits per heavy atom. The van der Waals surface area contributed by atoms with Crippen LogP contribution in [0.2, 0.25) is 20.1 Å². The minimum absolute atomic E-state index is 0.211. The number of nitrogen functional groups attached to an aromatic ring is 2. The first kappa shape index (κ1) is 103. The molecule has 0 aliphatic heterocycles. The van der Waals surface area contributed by atoms with E-state index in [9.17, 15) is 40.8 Å². The van der Waals surface area contributed by atoms with Crippen LogP contribution in [0, 0.1) is 0 Å². The van der Waals surface area contributed by atoms with E-state index in [4.69, 9.17) is 82.2 Å². The van der Waals surface area contributed by atoms with Crippen LogP contribution < -0.4 is 36.9 Å². The molecule has 0 saturated heterocycles. The molecule has 710 valence electrons. The third-order valence-electron chi connectivity index (χ3n) is 19.3. The summed E-state index contributed by atoms with van der Waals surface area (Å²) in [4.78, 5) is 76.3. The number of sulfonamides is 2. The zero-order chi connectivity index (χ0) is 99.0. The van der Waals surface area contributed by atoms with Crippen molar-refractivity contribution in [3.8, 4) is 44.5 Å². The molecule has 0 unspecified atom stereocenters. The normalized spacial score (nSPS) is 11.5. The molecule has 4 heterocycles. The van der Waals surface area contributed by atoms with Crippen molar-refractivity contribution in [3.63, 3.8) is 0 Å². The second-order valence-electron chi connectivity index (χ2n) is 34.5. The molecule has 0 atom stereocenters. The Morgan fingerprint density at radius 2 is 0.642 bits per heavy atom. The Morgan fingerprint density at radius 1 is 0.372 bits per heavy atom. The summed E-state index contributed by atoms with van der Waals surface area (Å²) in [5.41, 5.74) is 31.3. The van der Waals surface area contributed by atoms with Gasteiger partial charge in [-0.2, -0.15) is 0 Å². The number of carboxylic acids is 1. The SMILES string of the molecule is CC(C)(C)OC(=O)Nc1nc2c(-c3cccc(Cl)c3)cc(Cc3ccc(C(=O)O)cc3)cc2s1.CC(C)(C)OC(=O)Nc1nc2c(-c3cccc(Cl)c3)cc(Cc3ccc(N)cc3)cc2s1.CC(C)(C)OC(=O)Nc1nc2c(-c3cccc(Cl)c3)cc(Cc3ccc(NS(C)(=O)=O)cc3)cc2s1.CCOC(C)=O.CS(=O)(=O)Nc1ccc(Cc2cc(-c3cccc(Cl)c3)c3nc(N)sc3c2)cc1. The van der Waals surface area contributed by atoms with Crippen molar-refractivity contribution < 1.29 is 64.9 Å². The fraction of sp³-hybridized carbons (Fsp3) is 0.206. The molecule has 0 bridgehead atoms. The van der Waals surface area contributed by atoms with Crippen LogP contribution in [-0.2, 0) is 69.5 Å². The molecule has 0 saturated carbocycles. The maximum absolute atomic E-state index is 12.3. The van der Waals surface area contributed by atoms with Gasteiger partial charge in [-0.1, -0.05) is 189 Å². The lowest BCUT2D eigenvalue weighted by Gasteiger charge is -2.18. The van der Waals surface area contributed by atoms with Crippen molar-refractivity contribution in [1.82, 2.24) is 19.9 Å². The third-order valence-corrected chi connectivity index (χ3v) is 25.0. The van der Waals surface area contributed by atoms with E-state index >= 15 is 0 Å². The highest BCUT2D eigenvalue weighted by Crippen LogP contribution is 2.43. The summed E-state index contributed by atoms with van der Waals surface area (Å²) in [6.45, 7) is 19.9. The van der Waals surface area contributed by atoms with Gasteiger partial charge in [-0.25, -0.2) is 55.9 Å². The number of esters is 1. The topological polar surface area (TPSA) is 375 Å². The molecule has 137 heavy (non-hydrogen) atoms. The predicted molar refractivity (Wildman–Crippen MR) is 562 cm³/mol. The van der Waals surface area contributed by atoms with E-state index in [1.165, 1.54) is 52.3 Å². The number of hydrogen-bond donors (Lipinski definition) is 8. The van der Waals surface area contributed by atoms with Crippen LogP contribution in [0.4, 0.5) is 52.0 Å². The first-order chi connectivity index (χ1) is 64.6. The number of carboxylic acid groups (broad SMARTS) is 1. The van der Waals surface area contributed by atoms with Gasteiger partial charge in [0.1, 0.15) is 16.8 Å². The number of amides is 3. The number of carbonyl (C=O) groups is 5. The molecule has 4 aromatic heterocycles. The van der Waals surface area contributed by atoms with Gasteiger partial charge in [0.05, 0.1) is 65.5 Å². The molecule has 0 radical (unpaired) electrons. The first-order valence-corrected chi connectivity index (χ1v) is 51.1. The molecule has 10 N–H and O–H groups in total.